The highest BCUT2D eigenvalue weighted by atomic mass is 32.2. The van der Waals surface area contributed by atoms with Crippen LogP contribution in [-0.2, 0) is 27.5 Å². The average Bonchev–Trinajstić information content (AvgIpc) is 3.42. The lowest BCUT2D eigenvalue weighted by Gasteiger charge is -2.27. The Kier molecular flexibility index (Phi) is 9.16. The third-order valence-corrected chi connectivity index (χ3v) is 8.62. The van der Waals surface area contributed by atoms with Crippen molar-refractivity contribution in [3.8, 4) is 5.75 Å². The van der Waals surface area contributed by atoms with Crippen LogP contribution in [0.1, 0.15) is 49.3 Å². The number of carbonyl (C=O) groups excluding carboxylic acids is 1. The molecule has 0 aliphatic rings. The van der Waals surface area contributed by atoms with Crippen molar-refractivity contribution in [1.82, 2.24) is 18.9 Å². The van der Waals surface area contributed by atoms with Gasteiger partial charge in [0.2, 0.25) is 5.95 Å². The second kappa shape index (κ2) is 12.8. The van der Waals surface area contributed by atoms with Crippen LogP contribution in [0.5, 0.6) is 5.75 Å². The van der Waals surface area contributed by atoms with Crippen molar-refractivity contribution in [1.29, 1.82) is 0 Å². The Labute approximate surface area is 272 Å². The Morgan fingerprint density at radius 3 is 2.29 bits per heavy atom. The summed E-state index contributed by atoms with van der Waals surface area (Å²) in [5.74, 6) is -1.26. The molecule has 4 heterocycles. The number of aromatic nitrogens is 4. The molecule has 0 fully saturated rings. The molecule has 0 spiro atoms. The summed E-state index contributed by atoms with van der Waals surface area (Å²) in [7, 11) is -2.83. The highest BCUT2D eigenvalue weighted by Gasteiger charge is 2.33. The van der Waals surface area contributed by atoms with Gasteiger partial charge in [0.1, 0.15) is 29.0 Å². The minimum Gasteiger partial charge on any atom is -0.495 e. The van der Waals surface area contributed by atoms with E-state index in [1.165, 1.54) is 37.6 Å². The van der Waals surface area contributed by atoms with Gasteiger partial charge >= 0.3 is 12.3 Å². The maximum atomic E-state index is 15.8. The van der Waals surface area contributed by atoms with E-state index in [9.17, 15) is 31.5 Å². The highest BCUT2D eigenvalue weighted by Crippen LogP contribution is 2.35. The van der Waals surface area contributed by atoms with Crippen molar-refractivity contribution in [3.05, 3.63) is 108 Å². The highest BCUT2D eigenvalue weighted by molar-refractivity contribution is 7.90. The molecule has 1 N–H and O–H groups in total. The van der Waals surface area contributed by atoms with E-state index in [-0.39, 0.29) is 50.7 Å². The standard InChI is InChI=1S/C32H29F4N5O6S/c1-31(2,3)47-30(43)40(17-19-10-12-25(37-15-19)32(34,35)36)26-13-11-22(28(33)39-26)27(42)24-18-41(29-23(24)14-20(46-4)16-38-29)48(44,45)21-8-6-5-7-9-21/h5-16,18,27,42H,17H2,1-4H3. The van der Waals surface area contributed by atoms with Crippen LogP contribution < -0.4 is 9.64 Å². The quantitative estimate of drug-likeness (QED) is 0.148. The zero-order chi connectivity index (χ0) is 35.0. The summed E-state index contributed by atoms with van der Waals surface area (Å²) in [6, 6.07) is 13.2. The van der Waals surface area contributed by atoms with Gasteiger partial charge in [-0.1, -0.05) is 24.3 Å². The van der Waals surface area contributed by atoms with Gasteiger partial charge in [0, 0.05) is 28.9 Å². The lowest BCUT2D eigenvalue weighted by molar-refractivity contribution is -0.141. The van der Waals surface area contributed by atoms with Crippen LogP contribution in [0.15, 0.2) is 84.1 Å². The predicted molar refractivity (Wildman–Crippen MR) is 165 cm³/mol. The molecule has 1 aromatic carbocycles. The van der Waals surface area contributed by atoms with Crippen molar-refractivity contribution >= 4 is 33.0 Å². The van der Waals surface area contributed by atoms with Gasteiger partial charge in [-0.15, -0.1) is 0 Å². The SMILES string of the molecule is COc1cnc2c(c1)c(C(O)c1ccc(N(Cc3ccc(C(F)(F)F)nc3)C(=O)OC(C)(C)C)nc1F)cn2S(=O)(=O)c1ccccc1. The van der Waals surface area contributed by atoms with Crippen LogP contribution in [-0.4, -0.2) is 51.3 Å². The molecule has 0 radical (unpaired) electrons. The first-order valence-corrected chi connectivity index (χ1v) is 15.7. The van der Waals surface area contributed by atoms with Crippen LogP contribution in [0.2, 0.25) is 0 Å². The van der Waals surface area contributed by atoms with Crippen LogP contribution >= 0.6 is 0 Å². The van der Waals surface area contributed by atoms with E-state index in [4.69, 9.17) is 9.47 Å². The third-order valence-electron chi connectivity index (χ3n) is 6.95. The Balaban J connectivity index is 1.55. The van der Waals surface area contributed by atoms with Crippen LogP contribution in [0, 0.1) is 5.95 Å². The minimum absolute atomic E-state index is 0.0378. The molecule has 0 aliphatic carbocycles. The second-order valence-electron chi connectivity index (χ2n) is 11.5. The van der Waals surface area contributed by atoms with Gasteiger partial charge in [-0.05, 0) is 62.7 Å². The number of methoxy groups -OCH3 is 1. The Hall–Kier alpha value is -5.09. The summed E-state index contributed by atoms with van der Waals surface area (Å²) in [6.07, 6.45) is -4.08. The number of nitrogens with zero attached hydrogens (tertiary/aromatic N) is 5. The van der Waals surface area contributed by atoms with Gasteiger partial charge in [0.05, 0.1) is 24.7 Å². The van der Waals surface area contributed by atoms with E-state index in [2.05, 4.69) is 15.0 Å². The van der Waals surface area contributed by atoms with Crippen LogP contribution in [0.4, 0.5) is 28.2 Å². The van der Waals surface area contributed by atoms with Crippen LogP contribution in [0.25, 0.3) is 11.0 Å². The Bertz CT molecular complexity index is 2070. The number of ether oxygens (including phenoxy) is 2. The van der Waals surface area contributed by atoms with E-state index in [1.807, 2.05) is 0 Å². The van der Waals surface area contributed by atoms with Gasteiger partial charge in [-0.2, -0.15) is 17.6 Å². The normalized spacial score (nSPS) is 12.9. The number of amides is 1. The maximum absolute atomic E-state index is 15.8. The van der Waals surface area contributed by atoms with E-state index >= 15 is 4.39 Å². The fourth-order valence-corrected chi connectivity index (χ4v) is 6.04. The zero-order valence-electron chi connectivity index (χ0n) is 25.9. The third kappa shape index (κ3) is 7.08. The molecule has 5 rings (SSSR count). The van der Waals surface area contributed by atoms with E-state index in [0.29, 0.717) is 0 Å². The molecule has 5 aromatic rings. The smallest absolute Gasteiger partial charge is 0.433 e. The van der Waals surface area contributed by atoms with E-state index in [1.54, 1.807) is 39.0 Å². The molecule has 4 aromatic heterocycles. The number of carbonyl (C=O) groups is 1. The first kappa shape index (κ1) is 34.3. The monoisotopic (exact) mass is 687 g/mol. The Morgan fingerprint density at radius 1 is 1.00 bits per heavy atom. The number of aliphatic hydroxyl groups is 1. The topological polar surface area (TPSA) is 137 Å². The number of fused-ring (bicyclic) bond motifs is 1. The first-order chi connectivity index (χ1) is 22.5. The number of aliphatic hydroxyl groups excluding tert-OH is 1. The number of benzene rings is 1. The molecular formula is C32H29F4N5O6S. The lowest BCUT2D eigenvalue weighted by Crippen LogP contribution is -2.37. The van der Waals surface area contributed by atoms with Gasteiger partial charge < -0.3 is 14.6 Å². The van der Waals surface area contributed by atoms with Gasteiger partial charge in [-0.25, -0.2) is 27.2 Å². The van der Waals surface area contributed by atoms with Gasteiger partial charge in [0.15, 0.2) is 5.65 Å². The molecule has 0 saturated heterocycles. The van der Waals surface area contributed by atoms with Crippen molar-refractivity contribution in [3.63, 3.8) is 0 Å². The van der Waals surface area contributed by atoms with Crippen LogP contribution in [0.3, 0.4) is 0 Å². The molecule has 252 valence electrons. The molecular weight excluding hydrogens is 658 g/mol. The summed E-state index contributed by atoms with van der Waals surface area (Å²) >= 11 is 0. The summed E-state index contributed by atoms with van der Waals surface area (Å²) in [6.45, 7) is 4.39. The van der Waals surface area contributed by atoms with E-state index < -0.39 is 45.6 Å². The molecule has 16 heteroatoms. The number of pyridine rings is 3. The largest absolute Gasteiger partial charge is 0.495 e. The molecule has 0 bridgehead atoms. The fraction of sp³-hybridized carbons (Fsp3) is 0.250. The van der Waals surface area contributed by atoms with Crippen molar-refractivity contribution in [2.45, 2.75) is 50.1 Å². The molecule has 11 nitrogen and oxygen atoms in total. The maximum Gasteiger partial charge on any atom is 0.433 e. The zero-order valence-corrected chi connectivity index (χ0v) is 26.8. The van der Waals surface area contributed by atoms with E-state index in [0.717, 1.165) is 39.5 Å². The summed E-state index contributed by atoms with van der Waals surface area (Å²) in [5.41, 5.74) is -2.44. The van der Waals surface area contributed by atoms with Crippen molar-refractivity contribution in [2.75, 3.05) is 12.0 Å². The molecule has 0 saturated carbocycles. The Morgan fingerprint density at radius 2 is 1.71 bits per heavy atom. The summed E-state index contributed by atoms with van der Waals surface area (Å²) in [5, 5.41) is 11.6. The minimum atomic E-state index is -4.68. The van der Waals surface area contributed by atoms with Gasteiger partial charge in [-0.3, -0.25) is 9.88 Å². The number of alkyl halides is 3. The number of hydrogen-bond donors (Lipinski definition) is 1. The number of rotatable bonds is 8. The number of anilines is 1. The molecule has 1 unspecified atom stereocenters. The number of halogens is 4. The molecule has 1 atom stereocenters. The average molecular weight is 688 g/mol. The fourth-order valence-electron chi connectivity index (χ4n) is 4.68. The van der Waals surface area contributed by atoms with Gasteiger partial charge in [0.25, 0.3) is 10.0 Å². The van der Waals surface area contributed by atoms with Crippen molar-refractivity contribution in [2.24, 2.45) is 0 Å². The number of hydrogen-bond acceptors (Lipinski definition) is 9. The summed E-state index contributed by atoms with van der Waals surface area (Å²) in [4.78, 5) is 25.5. The predicted octanol–water partition coefficient (Wildman–Crippen LogP) is 6.25. The first-order valence-electron chi connectivity index (χ1n) is 14.2. The molecule has 0 aliphatic heterocycles. The lowest BCUT2D eigenvalue weighted by atomic mass is 10.0. The molecule has 1 amide bonds. The summed E-state index contributed by atoms with van der Waals surface area (Å²) < 4.78 is 93.5. The molecule has 48 heavy (non-hydrogen) atoms. The second-order valence-corrected chi connectivity index (χ2v) is 13.3. The van der Waals surface area contributed by atoms with Crippen molar-refractivity contribution < 1.29 is 45.4 Å².